The summed E-state index contributed by atoms with van der Waals surface area (Å²) >= 11 is 5.93. The van der Waals surface area contributed by atoms with Gasteiger partial charge in [-0.2, -0.15) is 4.98 Å². The number of rotatable bonds is 3. The number of phenolic OH excluding ortho intramolecular Hbond substituents is 1. The van der Waals surface area contributed by atoms with Crippen LogP contribution in [-0.2, 0) is 0 Å². The molecule has 1 aromatic heterocycles. The molecule has 1 heterocycles. The van der Waals surface area contributed by atoms with Gasteiger partial charge in [-0.1, -0.05) is 28.9 Å². The molecule has 0 saturated carbocycles. The molecule has 2 aromatic carbocycles. The fraction of sp³-hybridized carbons (Fsp3) is 0.0667. The number of benzene rings is 2. The van der Waals surface area contributed by atoms with Crippen molar-refractivity contribution in [1.29, 1.82) is 0 Å². The molecule has 0 aliphatic rings. The van der Waals surface area contributed by atoms with Crippen LogP contribution in [0.4, 0.5) is 0 Å². The van der Waals surface area contributed by atoms with Crippen LogP contribution in [0.2, 0.25) is 5.02 Å². The van der Waals surface area contributed by atoms with Gasteiger partial charge in [-0.05, 0) is 30.3 Å². The summed E-state index contributed by atoms with van der Waals surface area (Å²) in [4.78, 5) is 4.32. The third-order valence-electron chi connectivity index (χ3n) is 2.92. The zero-order valence-electron chi connectivity index (χ0n) is 11.1. The molecule has 0 saturated heterocycles. The number of ether oxygens (including phenoxy) is 1. The van der Waals surface area contributed by atoms with Crippen molar-refractivity contribution in [3.05, 3.63) is 47.5 Å². The number of aromatic nitrogens is 2. The first-order chi connectivity index (χ1) is 10.2. The van der Waals surface area contributed by atoms with Crippen LogP contribution in [0.25, 0.3) is 22.8 Å². The Balaban J connectivity index is 2.02. The highest BCUT2D eigenvalue weighted by Gasteiger charge is 2.15. The predicted octanol–water partition coefficient (Wildman–Crippen LogP) is 3.77. The predicted molar refractivity (Wildman–Crippen MR) is 78.4 cm³/mol. The average Bonchev–Trinajstić information content (AvgIpc) is 2.96. The van der Waals surface area contributed by atoms with Crippen LogP contribution in [0.15, 0.2) is 47.0 Å². The molecule has 0 fully saturated rings. The van der Waals surface area contributed by atoms with Crippen molar-refractivity contribution in [3.63, 3.8) is 0 Å². The van der Waals surface area contributed by atoms with E-state index in [1.807, 2.05) is 0 Å². The summed E-state index contributed by atoms with van der Waals surface area (Å²) < 4.78 is 10.5. The molecule has 0 radical (unpaired) electrons. The second-order valence-electron chi connectivity index (χ2n) is 4.32. The van der Waals surface area contributed by atoms with Crippen LogP contribution in [0.5, 0.6) is 11.5 Å². The van der Waals surface area contributed by atoms with Crippen LogP contribution in [0.1, 0.15) is 0 Å². The van der Waals surface area contributed by atoms with Gasteiger partial charge in [0.25, 0.3) is 5.89 Å². The van der Waals surface area contributed by atoms with Gasteiger partial charge in [0.15, 0.2) is 0 Å². The molecule has 0 unspecified atom stereocenters. The van der Waals surface area contributed by atoms with E-state index in [0.717, 1.165) is 0 Å². The van der Waals surface area contributed by atoms with Crippen LogP contribution >= 0.6 is 11.6 Å². The van der Waals surface area contributed by atoms with E-state index in [2.05, 4.69) is 10.1 Å². The van der Waals surface area contributed by atoms with Gasteiger partial charge in [0.2, 0.25) is 5.82 Å². The van der Waals surface area contributed by atoms with Crippen molar-refractivity contribution in [2.45, 2.75) is 0 Å². The molecule has 106 valence electrons. The van der Waals surface area contributed by atoms with Gasteiger partial charge in [-0.15, -0.1) is 0 Å². The quantitative estimate of drug-likeness (QED) is 0.797. The molecular formula is C15H11ClN2O3. The van der Waals surface area contributed by atoms with Crippen molar-refractivity contribution >= 4 is 11.6 Å². The molecule has 0 aliphatic carbocycles. The van der Waals surface area contributed by atoms with Crippen molar-refractivity contribution in [2.24, 2.45) is 0 Å². The van der Waals surface area contributed by atoms with E-state index in [4.69, 9.17) is 20.9 Å². The van der Waals surface area contributed by atoms with Gasteiger partial charge in [-0.3, -0.25) is 0 Å². The summed E-state index contributed by atoms with van der Waals surface area (Å²) in [5.41, 5.74) is 1.32. The first-order valence-corrected chi connectivity index (χ1v) is 6.52. The van der Waals surface area contributed by atoms with E-state index in [0.29, 0.717) is 33.6 Å². The molecule has 0 bridgehead atoms. The standard InChI is InChI=1S/C15H11ClN2O3/c1-20-13-8-10(16)5-6-12(13)15-17-14(18-21-15)9-3-2-4-11(19)7-9/h2-8,19H,1H3. The summed E-state index contributed by atoms with van der Waals surface area (Å²) in [6, 6.07) is 11.8. The molecule has 3 rings (SSSR count). The molecule has 5 nitrogen and oxygen atoms in total. The Morgan fingerprint density at radius 1 is 1.19 bits per heavy atom. The minimum absolute atomic E-state index is 0.142. The normalized spacial score (nSPS) is 10.6. The summed E-state index contributed by atoms with van der Waals surface area (Å²) in [6.07, 6.45) is 0. The maximum absolute atomic E-state index is 9.49. The number of halogens is 1. The lowest BCUT2D eigenvalue weighted by molar-refractivity contribution is 0.405. The number of methoxy groups -OCH3 is 1. The summed E-state index contributed by atoms with van der Waals surface area (Å²) in [6.45, 7) is 0. The fourth-order valence-corrected chi connectivity index (χ4v) is 2.10. The van der Waals surface area contributed by atoms with E-state index < -0.39 is 0 Å². The van der Waals surface area contributed by atoms with Crippen molar-refractivity contribution in [3.8, 4) is 34.3 Å². The minimum Gasteiger partial charge on any atom is -0.508 e. The van der Waals surface area contributed by atoms with Gasteiger partial charge in [0, 0.05) is 10.6 Å². The maximum Gasteiger partial charge on any atom is 0.262 e. The van der Waals surface area contributed by atoms with E-state index in [1.165, 1.54) is 0 Å². The molecular weight excluding hydrogens is 292 g/mol. The highest BCUT2D eigenvalue weighted by Crippen LogP contribution is 2.32. The maximum atomic E-state index is 9.49. The summed E-state index contributed by atoms with van der Waals surface area (Å²) in [5, 5.41) is 14.0. The lowest BCUT2D eigenvalue weighted by Gasteiger charge is -2.04. The Hall–Kier alpha value is -2.53. The molecule has 0 amide bonds. The van der Waals surface area contributed by atoms with Crippen LogP contribution in [-0.4, -0.2) is 22.4 Å². The van der Waals surface area contributed by atoms with Crippen molar-refractivity contribution in [2.75, 3.05) is 7.11 Å². The number of hydrogen-bond acceptors (Lipinski definition) is 5. The topological polar surface area (TPSA) is 68.4 Å². The van der Waals surface area contributed by atoms with E-state index in [-0.39, 0.29) is 5.75 Å². The van der Waals surface area contributed by atoms with E-state index >= 15 is 0 Å². The highest BCUT2D eigenvalue weighted by molar-refractivity contribution is 6.30. The second kappa shape index (κ2) is 5.46. The first-order valence-electron chi connectivity index (χ1n) is 6.14. The molecule has 0 spiro atoms. The molecule has 3 aromatic rings. The summed E-state index contributed by atoms with van der Waals surface area (Å²) in [5.74, 6) is 1.40. The van der Waals surface area contributed by atoms with Gasteiger partial charge in [0.1, 0.15) is 11.5 Å². The number of phenols is 1. The molecule has 21 heavy (non-hydrogen) atoms. The third kappa shape index (κ3) is 2.68. The molecule has 1 N–H and O–H groups in total. The van der Waals surface area contributed by atoms with E-state index in [9.17, 15) is 5.11 Å². The zero-order chi connectivity index (χ0) is 14.8. The first kappa shape index (κ1) is 13.5. The van der Waals surface area contributed by atoms with E-state index in [1.54, 1.807) is 49.6 Å². The number of nitrogens with zero attached hydrogens (tertiary/aromatic N) is 2. The monoisotopic (exact) mass is 302 g/mol. The number of aromatic hydroxyl groups is 1. The smallest absolute Gasteiger partial charge is 0.262 e. The summed E-state index contributed by atoms with van der Waals surface area (Å²) in [7, 11) is 1.54. The highest BCUT2D eigenvalue weighted by atomic mass is 35.5. The van der Waals surface area contributed by atoms with Gasteiger partial charge in [-0.25, -0.2) is 0 Å². The minimum atomic E-state index is 0.142. The number of hydrogen-bond donors (Lipinski definition) is 1. The largest absolute Gasteiger partial charge is 0.508 e. The Morgan fingerprint density at radius 3 is 2.81 bits per heavy atom. The van der Waals surface area contributed by atoms with Crippen molar-refractivity contribution < 1.29 is 14.4 Å². The Morgan fingerprint density at radius 2 is 2.05 bits per heavy atom. The molecule has 6 heteroatoms. The van der Waals surface area contributed by atoms with Crippen LogP contribution in [0.3, 0.4) is 0 Å². The van der Waals surface area contributed by atoms with Crippen LogP contribution < -0.4 is 4.74 Å². The van der Waals surface area contributed by atoms with Gasteiger partial charge >= 0.3 is 0 Å². The molecule has 0 atom stereocenters. The van der Waals surface area contributed by atoms with Gasteiger partial charge < -0.3 is 14.4 Å². The van der Waals surface area contributed by atoms with Crippen molar-refractivity contribution in [1.82, 2.24) is 10.1 Å². The molecule has 0 aliphatic heterocycles. The lowest BCUT2D eigenvalue weighted by atomic mass is 10.2. The second-order valence-corrected chi connectivity index (χ2v) is 4.75. The Kier molecular flexibility index (Phi) is 3.50. The Bertz CT molecular complexity index is 786. The zero-order valence-corrected chi connectivity index (χ0v) is 11.8. The Labute approximate surface area is 125 Å². The SMILES string of the molecule is COc1cc(Cl)ccc1-c1nc(-c2cccc(O)c2)no1. The van der Waals surface area contributed by atoms with Gasteiger partial charge in [0.05, 0.1) is 12.7 Å². The lowest BCUT2D eigenvalue weighted by Crippen LogP contribution is -1.88. The fourth-order valence-electron chi connectivity index (χ4n) is 1.94. The van der Waals surface area contributed by atoms with Crippen LogP contribution in [0, 0.1) is 0 Å². The third-order valence-corrected chi connectivity index (χ3v) is 3.16. The average molecular weight is 303 g/mol.